The third-order valence-electron chi connectivity index (χ3n) is 1.49. The first-order valence-electron chi connectivity index (χ1n) is 3.81. The molecule has 0 radical (unpaired) electrons. The monoisotopic (exact) mass is 258 g/mol. The number of carbonyl (C=O) groups excluding carboxylic acids is 1. The van der Waals surface area contributed by atoms with Gasteiger partial charge in [-0.25, -0.2) is 13.2 Å². The highest BCUT2D eigenvalue weighted by molar-refractivity contribution is 5.80. The molecule has 0 aliphatic carbocycles. The van der Waals surface area contributed by atoms with Gasteiger partial charge in [0.05, 0.1) is 12.8 Å². The summed E-state index contributed by atoms with van der Waals surface area (Å²) in [5, 5.41) is 0. The second kappa shape index (κ2) is 4.54. The summed E-state index contributed by atoms with van der Waals surface area (Å²) in [6.07, 6.45) is -10.4. The van der Waals surface area contributed by atoms with Gasteiger partial charge in [-0.15, -0.1) is 0 Å². The maximum atomic E-state index is 12.2. The van der Waals surface area contributed by atoms with Crippen molar-refractivity contribution < 1.29 is 39.9 Å². The summed E-state index contributed by atoms with van der Waals surface area (Å²) in [7, 11) is 0. The van der Waals surface area contributed by atoms with Crippen molar-refractivity contribution in [2.24, 2.45) is 0 Å². The average molecular weight is 258 g/mol. The molecule has 0 rings (SSSR count). The Morgan fingerprint density at radius 1 is 0.875 bits per heavy atom. The molecular weight excluding hydrogens is 252 g/mol. The molecule has 0 amide bonds. The third-order valence-corrected chi connectivity index (χ3v) is 1.49. The lowest BCUT2D eigenvalue weighted by molar-refractivity contribution is -0.282. The lowest BCUT2D eigenvalue weighted by atomic mass is 10.1. The van der Waals surface area contributed by atoms with E-state index in [0.717, 1.165) is 0 Å². The number of halogens is 8. The van der Waals surface area contributed by atoms with Gasteiger partial charge >= 0.3 is 12.1 Å². The van der Waals surface area contributed by atoms with Crippen LogP contribution in [0.25, 0.3) is 0 Å². The Morgan fingerprint density at radius 2 is 1.31 bits per heavy atom. The smallest absolute Gasteiger partial charge is 0.299 e. The van der Waals surface area contributed by atoms with Gasteiger partial charge in [0.15, 0.2) is 6.67 Å². The zero-order valence-electron chi connectivity index (χ0n) is 7.55. The highest BCUT2D eigenvalue weighted by atomic mass is 19.4. The quantitative estimate of drug-likeness (QED) is 0.692. The summed E-state index contributed by atoms with van der Waals surface area (Å²) in [4.78, 5) is 10.5. The van der Waals surface area contributed by atoms with Gasteiger partial charge in [0.25, 0.3) is 5.92 Å². The molecule has 0 aromatic rings. The molecule has 0 saturated carbocycles. The van der Waals surface area contributed by atoms with E-state index in [4.69, 9.17) is 0 Å². The van der Waals surface area contributed by atoms with Crippen LogP contribution in [0.2, 0.25) is 0 Å². The van der Waals surface area contributed by atoms with E-state index in [1.54, 1.807) is 0 Å². The van der Waals surface area contributed by atoms with Crippen molar-refractivity contribution >= 4 is 5.78 Å². The first-order valence-corrected chi connectivity index (χ1v) is 3.81. The van der Waals surface area contributed by atoms with Crippen LogP contribution in [0.1, 0.15) is 12.8 Å². The second-order valence-corrected chi connectivity index (χ2v) is 3.08. The molecule has 0 aromatic heterocycles. The van der Waals surface area contributed by atoms with E-state index in [1.165, 1.54) is 0 Å². The molecule has 1 nitrogen and oxygen atoms in total. The van der Waals surface area contributed by atoms with E-state index in [-0.39, 0.29) is 0 Å². The van der Waals surface area contributed by atoms with Crippen molar-refractivity contribution in [3.05, 3.63) is 0 Å². The molecule has 0 aliphatic rings. The minimum absolute atomic E-state index is 1.98. The van der Waals surface area contributed by atoms with Crippen LogP contribution in [0.5, 0.6) is 0 Å². The normalized spacial score (nSPS) is 14.0. The van der Waals surface area contributed by atoms with Crippen molar-refractivity contribution in [2.75, 3.05) is 6.67 Å². The summed E-state index contributed by atoms with van der Waals surface area (Å²) >= 11 is 0. The van der Waals surface area contributed by atoms with Crippen LogP contribution >= 0.6 is 0 Å². The summed E-state index contributed by atoms with van der Waals surface area (Å²) < 4.78 is 94.8. The Labute approximate surface area is 84.4 Å². The van der Waals surface area contributed by atoms with E-state index in [1.807, 2.05) is 0 Å². The molecule has 0 unspecified atom stereocenters. The van der Waals surface area contributed by atoms with Crippen molar-refractivity contribution in [1.29, 1.82) is 0 Å². The van der Waals surface area contributed by atoms with E-state index in [2.05, 4.69) is 0 Å². The predicted molar refractivity (Wildman–Crippen MR) is 36.2 cm³/mol. The Kier molecular flexibility index (Phi) is 4.29. The topological polar surface area (TPSA) is 17.1 Å². The van der Waals surface area contributed by atoms with E-state index < -0.39 is 43.3 Å². The number of ketones is 1. The van der Waals surface area contributed by atoms with Crippen LogP contribution in [0.4, 0.5) is 35.1 Å². The van der Waals surface area contributed by atoms with Crippen LogP contribution in [-0.2, 0) is 4.79 Å². The largest absolute Gasteiger partial charge is 0.453 e. The maximum absolute atomic E-state index is 12.2. The molecule has 0 saturated heterocycles. The van der Waals surface area contributed by atoms with Crippen molar-refractivity contribution in [2.45, 2.75) is 30.9 Å². The zero-order valence-corrected chi connectivity index (χ0v) is 7.55. The Balaban J connectivity index is 4.48. The second-order valence-electron chi connectivity index (χ2n) is 3.08. The van der Waals surface area contributed by atoms with Gasteiger partial charge in [-0.1, -0.05) is 0 Å². The first kappa shape index (κ1) is 15.1. The number of carbonyl (C=O) groups is 1. The Morgan fingerprint density at radius 3 is 1.62 bits per heavy atom. The minimum Gasteiger partial charge on any atom is -0.299 e. The molecule has 0 fully saturated rings. The molecule has 0 aromatic carbocycles. The van der Waals surface area contributed by atoms with E-state index in [9.17, 15) is 39.9 Å². The number of Topliss-reactive ketones (excluding diaryl/α,β-unsaturated/α-hetero) is 1. The van der Waals surface area contributed by atoms with Gasteiger partial charge < -0.3 is 0 Å². The molecule has 96 valence electrons. The van der Waals surface area contributed by atoms with Crippen LogP contribution in [-0.4, -0.2) is 30.5 Å². The molecule has 0 heterocycles. The summed E-state index contributed by atoms with van der Waals surface area (Å²) in [6.45, 7) is -2.30. The average Bonchev–Trinajstić information content (AvgIpc) is 1.99. The fourth-order valence-electron chi connectivity index (χ4n) is 0.746. The van der Waals surface area contributed by atoms with Gasteiger partial charge in [0.2, 0.25) is 0 Å². The number of hydrogen-bond acceptors (Lipinski definition) is 1. The van der Waals surface area contributed by atoms with Crippen LogP contribution in [0.3, 0.4) is 0 Å². The molecular formula is C7H6F8O. The Bertz CT molecular complexity index is 256. The number of rotatable bonds is 5. The molecule has 0 bridgehead atoms. The van der Waals surface area contributed by atoms with Gasteiger partial charge in [-0.05, 0) is 0 Å². The van der Waals surface area contributed by atoms with Gasteiger partial charge in [-0.3, -0.25) is 4.79 Å². The number of hydrogen-bond donors (Lipinski definition) is 0. The molecule has 0 spiro atoms. The predicted octanol–water partition coefficient (Wildman–Crippen LogP) is 3.14. The fourth-order valence-corrected chi connectivity index (χ4v) is 0.746. The van der Waals surface area contributed by atoms with Gasteiger partial charge in [0, 0.05) is 0 Å². The maximum Gasteiger partial charge on any atom is 0.453 e. The lowest BCUT2D eigenvalue weighted by Crippen LogP contribution is -2.39. The lowest BCUT2D eigenvalue weighted by Gasteiger charge is -2.19. The summed E-state index contributed by atoms with van der Waals surface area (Å²) in [5.74, 6) is -11.6. The summed E-state index contributed by atoms with van der Waals surface area (Å²) in [6, 6.07) is 0. The third kappa shape index (κ3) is 4.31. The standard InChI is InChI=1S/C7H6F8O/c8-3-5(9,10)1-4(16)2-6(11,12)7(13,14)15/h1-3H2. The van der Waals surface area contributed by atoms with E-state index in [0.29, 0.717) is 0 Å². The van der Waals surface area contributed by atoms with Gasteiger partial charge in [0.1, 0.15) is 5.78 Å². The van der Waals surface area contributed by atoms with Crippen LogP contribution in [0, 0.1) is 0 Å². The molecule has 0 atom stereocenters. The van der Waals surface area contributed by atoms with E-state index >= 15 is 0 Å². The van der Waals surface area contributed by atoms with Crippen LogP contribution in [0.15, 0.2) is 0 Å². The molecule has 16 heavy (non-hydrogen) atoms. The Hall–Kier alpha value is -0.890. The SMILES string of the molecule is O=C(CC(F)(F)CF)CC(F)(F)C(F)(F)F. The van der Waals surface area contributed by atoms with Crippen molar-refractivity contribution in [3.8, 4) is 0 Å². The minimum atomic E-state index is -5.99. The molecule has 9 heteroatoms. The molecule has 0 N–H and O–H groups in total. The van der Waals surface area contributed by atoms with Crippen molar-refractivity contribution in [3.63, 3.8) is 0 Å². The number of alkyl halides is 8. The fraction of sp³-hybridized carbons (Fsp3) is 0.857. The van der Waals surface area contributed by atoms with Crippen molar-refractivity contribution in [1.82, 2.24) is 0 Å². The summed E-state index contributed by atoms with van der Waals surface area (Å²) in [5.41, 5.74) is 0. The highest BCUT2D eigenvalue weighted by Gasteiger charge is 2.58. The molecule has 0 aliphatic heterocycles. The zero-order chi connectivity index (χ0) is 13.2. The first-order chi connectivity index (χ1) is 6.91. The highest BCUT2D eigenvalue weighted by Crippen LogP contribution is 2.39. The van der Waals surface area contributed by atoms with Crippen LogP contribution < -0.4 is 0 Å². The van der Waals surface area contributed by atoms with Gasteiger partial charge in [-0.2, -0.15) is 22.0 Å².